The normalized spacial score (nSPS) is 17.1. The molecule has 1 aliphatic rings. The maximum atomic E-state index is 12.6. The van der Waals surface area contributed by atoms with Crippen LogP contribution in [0.4, 0.5) is 4.79 Å². The third-order valence-corrected chi connectivity index (χ3v) is 4.35. The van der Waals surface area contributed by atoms with Crippen LogP contribution in [0.1, 0.15) is 31.7 Å². The molecule has 1 heterocycles. The van der Waals surface area contributed by atoms with Gasteiger partial charge >= 0.3 is 12.1 Å². The van der Waals surface area contributed by atoms with Gasteiger partial charge in [0, 0.05) is 6.54 Å². The molecule has 0 unspecified atom stereocenters. The quantitative estimate of drug-likeness (QED) is 0.585. The zero-order valence-corrected chi connectivity index (χ0v) is 15.8. The van der Waals surface area contributed by atoms with E-state index >= 15 is 0 Å². The van der Waals surface area contributed by atoms with Gasteiger partial charge in [-0.05, 0) is 31.7 Å². The highest BCUT2D eigenvalue weighted by Gasteiger charge is 2.36. The minimum Gasteiger partial charge on any atom is -0.467 e. The van der Waals surface area contributed by atoms with Gasteiger partial charge in [0.15, 0.2) is 0 Å². The average molecular weight is 374 g/mol. The van der Waals surface area contributed by atoms with Crippen molar-refractivity contribution < 1.29 is 23.9 Å². The third-order valence-electron chi connectivity index (χ3n) is 4.35. The molecule has 27 heavy (non-hydrogen) atoms. The molecule has 7 nitrogen and oxygen atoms in total. The number of rotatable bonds is 7. The Morgan fingerprint density at radius 3 is 2.63 bits per heavy atom. The van der Waals surface area contributed by atoms with E-state index in [0.717, 1.165) is 11.1 Å². The summed E-state index contributed by atoms with van der Waals surface area (Å²) in [6, 6.07) is 7.86. The maximum absolute atomic E-state index is 12.6. The molecule has 1 aromatic carbocycles. The van der Waals surface area contributed by atoms with Gasteiger partial charge < -0.3 is 14.8 Å². The Labute approximate surface area is 159 Å². The summed E-state index contributed by atoms with van der Waals surface area (Å²) in [5.74, 6) is -0.927. The molecular weight excluding hydrogens is 348 g/mol. The second-order valence-electron chi connectivity index (χ2n) is 6.64. The molecular formula is C20H26N2O5. The minimum absolute atomic E-state index is 0.144. The number of carbonyl (C=O) groups is 3. The lowest BCUT2D eigenvalue weighted by molar-refractivity contribution is -0.145. The van der Waals surface area contributed by atoms with Crippen molar-refractivity contribution in [3.8, 4) is 0 Å². The molecule has 1 fully saturated rings. The van der Waals surface area contributed by atoms with E-state index in [9.17, 15) is 14.4 Å². The number of nitrogens with zero attached hydrogens (tertiary/aromatic N) is 1. The molecule has 1 N–H and O–H groups in total. The molecule has 2 atom stereocenters. The van der Waals surface area contributed by atoms with Crippen molar-refractivity contribution >= 4 is 18.0 Å². The zero-order valence-electron chi connectivity index (χ0n) is 15.8. The summed E-state index contributed by atoms with van der Waals surface area (Å²) in [5.41, 5.74) is 1.62. The van der Waals surface area contributed by atoms with Gasteiger partial charge in [-0.25, -0.2) is 9.59 Å². The lowest BCUT2D eigenvalue weighted by Crippen LogP contribution is -2.51. The van der Waals surface area contributed by atoms with Gasteiger partial charge in [-0.2, -0.15) is 0 Å². The highest BCUT2D eigenvalue weighted by atomic mass is 16.6. The summed E-state index contributed by atoms with van der Waals surface area (Å²) in [5, 5.41) is 2.68. The van der Waals surface area contributed by atoms with Crippen LogP contribution in [0.25, 0.3) is 0 Å². The van der Waals surface area contributed by atoms with Crippen molar-refractivity contribution in [2.45, 2.75) is 44.9 Å². The van der Waals surface area contributed by atoms with Gasteiger partial charge in [0.05, 0.1) is 7.11 Å². The van der Waals surface area contributed by atoms with Gasteiger partial charge in [0.1, 0.15) is 18.7 Å². The van der Waals surface area contributed by atoms with Crippen LogP contribution in [-0.4, -0.2) is 48.6 Å². The Bertz CT molecular complexity index is 689. The molecule has 0 aromatic heterocycles. The molecule has 0 saturated carbocycles. The molecule has 146 valence electrons. The highest BCUT2D eigenvalue weighted by molar-refractivity contribution is 5.90. The number of carbonyl (C=O) groups excluding carboxylic acids is 3. The largest absolute Gasteiger partial charge is 0.467 e. The van der Waals surface area contributed by atoms with E-state index in [4.69, 9.17) is 9.47 Å². The van der Waals surface area contributed by atoms with E-state index in [1.807, 2.05) is 30.3 Å². The van der Waals surface area contributed by atoms with E-state index < -0.39 is 24.1 Å². The Hall–Kier alpha value is -2.83. The van der Waals surface area contributed by atoms with Crippen molar-refractivity contribution in [2.75, 3.05) is 13.7 Å². The summed E-state index contributed by atoms with van der Waals surface area (Å²) in [6.45, 7) is 6.12. The van der Waals surface area contributed by atoms with Gasteiger partial charge in [-0.15, -0.1) is 6.58 Å². The van der Waals surface area contributed by atoms with Gasteiger partial charge in [-0.1, -0.05) is 35.9 Å². The monoisotopic (exact) mass is 374 g/mol. The fraction of sp³-hybridized carbons (Fsp3) is 0.450. The maximum Gasteiger partial charge on any atom is 0.410 e. The first-order chi connectivity index (χ1) is 12.9. The number of amides is 2. The van der Waals surface area contributed by atoms with Crippen LogP contribution in [0, 0.1) is 0 Å². The second-order valence-corrected chi connectivity index (χ2v) is 6.64. The fourth-order valence-electron chi connectivity index (χ4n) is 3.01. The predicted octanol–water partition coefficient (Wildman–Crippen LogP) is 2.41. The molecule has 0 aliphatic carbocycles. The van der Waals surface area contributed by atoms with Crippen LogP contribution < -0.4 is 5.32 Å². The topological polar surface area (TPSA) is 84.9 Å². The van der Waals surface area contributed by atoms with Crippen LogP contribution in [-0.2, 0) is 25.7 Å². The van der Waals surface area contributed by atoms with Crippen molar-refractivity contribution in [3.63, 3.8) is 0 Å². The van der Waals surface area contributed by atoms with Gasteiger partial charge in [0.25, 0.3) is 0 Å². The highest BCUT2D eigenvalue weighted by Crippen LogP contribution is 2.20. The summed E-state index contributed by atoms with van der Waals surface area (Å²) in [4.78, 5) is 38.4. The van der Waals surface area contributed by atoms with Crippen LogP contribution in [0.15, 0.2) is 42.5 Å². The number of esters is 1. The molecule has 2 rings (SSSR count). The average Bonchev–Trinajstić information content (AvgIpc) is 3.15. The van der Waals surface area contributed by atoms with Gasteiger partial charge in [0.2, 0.25) is 5.91 Å². The van der Waals surface area contributed by atoms with Crippen molar-refractivity contribution in [2.24, 2.45) is 0 Å². The fourth-order valence-corrected chi connectivity index (χ4v) is 3.01. The van der Waals surface area contributed by atoms with E-state index in [-0.39, 0.29) is 18.9 Å². The Kier molecular flexibility index (Phi) is 7.40. The Morgan fingerprint density at radius 2 is 2.00 bits per heavy atom. The lowest BCUT2D eigenvalue weighted by Gasteiger charge is -2.25. The first-order valence-corrected chi connectivity index (χ1v) is 8.92. The molecule has 2 amide bonds. The van der Waals surface area contributed by atoms with Crippen LogP contribution in [0.3, 0.4) is 0 Å². The SMILES string of the molecule is C=C(C)C[C@H](NC(=O)[C@H]1CCCN1C(=O)OCc1ccccc1)C(=O)OC. The van der Waals surface area contributed by atoms with Crippen LogP contribution in [0.5, 0.6) is 0 Å². The Balaban J connectivity index is 1.96. The van der Waals surface area contributed by atoms with Crippen LogP contribution >= 0.6 is 0 Å². The number of ether oxygens (including phenoxy) is 2. The lowest BCUT2D eigenvalue weighted by atomic mass is 10.1. The third kappa shape index (κ3) is 5.84. The van der Waals surface area contributed by atoms with Crippen LogP contribution in [0.2, 0.25) is 0 Å². The van der Waals surface area contributed by atoms with E-state index in [0.29, 0.717) is 19.4 Å². The van der Waals surface area contributed by atoms with E-state index in [1.165, 1.54) is 12.0 Å². The second kappa shape index (κ2) is 9.75. The van der Waals surface area contributed by atoms with E-state index in [1.54, 1.807) is 6.92 Å². The first kappa shape index (κ1) is 20.5. The molecule has 7 heteroatoms. The number of benzene rings is 1. The summed E-state index contributed by atoms with van der Waals surface area (Å²) in [6.07, 6.45) is 0.963. The summed E-state index contributed by atoms with van der Waals surface area (Å²) in [7, 11) is 1.27. The molecule has 1 saturated heterocycles. The molecule has 1 aliphatic heterocycles. The summed E-state index contributed by atoms with van der Waals surface area (Å²) >= 11 is 0. The Morgan fingerprint density at radius 1 is 1.30 bits per heavy atom. The first-order valence-electron chi connectivity index (χ1n) is 8.92. The minimum atomic E-state index is -0.817. The molecule has 0 spiro atoms. The van der Waals surface area contributed by atoms with Gasteiger partial charge in [-0.3, -0.25) is 9.69 Å². The predicted molar refractivity (Wildman–Crippen MR) is 99.7 cm³/mol. The summed E-state index contributed by atoms with van der Waals surface area (Å²) < 4.78 is 10.1. The zero-order chi connectivity index (χ0) is 19.8. The number of hydrogen-bond acceptors (Lipinski definition) is 5. The van der Waals surface area contributed by atoms with Crippen molar-refractivity contribution in [3.05, 3.63) is 48.0 Å². The van der Waals surface area contributed by atoms with Crippen molar-refractivity contribution in [1.82, 2.24) is 10.2 Å². The van der Waals surface area contributed by atoms with E-state index in [2.05, 4.69) is 11.9 Å². The molecule has 1 aromatic rings. The molecule has 0 radical (unpaired) electrons. The van der Waals surface area contributed by atoms with Crippen molar-refractivity contribution in [1.29, 1.82) is 0 Å². The number of hydrogen-bond donors (Lipinski definition) is 1. The number of likely N-dealkylation sites (tertiary alicyclic amines) is 1. The smallest absolute Gasteiger partial charge is 0.410 e. The number of methoxy groups -OCH3 is 1. The standard InChI is InChI=1S/C20H26N2O5/c1-14(2)12-16(19(24)26-3)21-18(23)17-10-7-11-22(17)20(25)27-13-15-8-5-4-6-9-15/h4-6,8-9,16-17H,1,7,10-13H2,2-3H3,(H,21,23)/t16-,17+/m0/s1. The number of nitrogens with one attached hydrogen (secondary N) is 1. The molecule has 0 bridgehead atoms.